The summed E-state index contributed by atoms with van der Waals surface area (Å²) in [4.78, 5) is 26.5. The molecule has 2 aromatic heterocycles. The van der Waals surface area contributed by atoms with E-state index in [4.69, 9.17) is 19.9 Å². The van der Waals surface area contributed by atoms with Crippen LogP contribution in [0, 0.1) is 0 Å². The number of para-hydroxylation sites is 2. The Hall–Kier alpha value is -7.44. The van der Waals surface area contributed by atoms with Gasteiger partial charge in [-0.15, -0.1) is 0 Å². The fourth-order valence-electron chi connectivity index (χ4n) is 9.02. The smallest absolute Gasteiger partial charge is 0.231 e. The topological polar surface area (TPSA) is 58.0 Å². The van der Waals surface area contributed by atoms with Crippen molar-refractivity contribution in [1.29, 1.82) is 0 Å². The molecule has 0 spiro atoms. The fraction of sp³-hybridized carbons (Fsp3) is 0.0400. The van der Waals surface area contributed by atoms with E-state index in [9.17, 15) is 0 Å². The summed E-state index contributed by atoms with van der Waals surface area (Å²) in [5.74, 6) is 1.33. The zero-order valence-electron chi connectivity index (χ0n) is 30.2. The van der Waals surface area contributed by atoms with Gasteiger partial charge in [-0.1, -0.05) is 146 Å². The molecule has 0 radical (unpaired) electrons. The number of rotatable bonds is 4. The molecule has 10 aromatic rings. The standard InChI is InChI=1S/C50H32N6/c1-3-15-31(16-4-1)45-37-23-11-13-25-41(37)51-49(53-45)55-43-29-35-21-9-7-19-33(35)27-39(43)48-47(55)40-28-34-20-8-10-22-36(34)30-44(40)56(48)50-52-42-26-14-12-24-38(42)46(54-50)32-17-5-2-6-18-32/h1-30,47-48H. The largest absolute Gasteiger partial charge is 0.300 e. The van der Waals surface area contributed by atoms with Crippen LogP contribution in [0.2, 0.25) is 0 Å². The molecule has 0 N–H and O–H groups in total. The first kappa shape index (κ1) is 31.0. The lowest BCUT2D eigenvalue weighted by Gasteiger charge is -2.27. The van der Waals surface area contributed by atoms with Gasteiger partial charge in [-0.05, 0) is 57.9 Å². The van der Waals surface area contributed by atoms with Crippen LogP contribution in [0.4, 0.5) is 23.3 Å². The van der Waals surface area contributed by atoms with Crippen molar-refractivity contribution >= 4 is 66.6 Å². The lowest BCUT2D eigenvalue weighted by Crippen LogP contribution is -2.26. The third-order valence-corrected chi connectivity index (χ3v) is 11.5. The highest BCUT2D eigenvalue weighted by Gasteiger charge is 2.52. The van der Waals surface area contributed by atoms with Crippen molar-refractivity contribution in [3.8, 4) is 22.5 Å². The molecule has 0 aliphatic carbocycles. The summed E-state index contributed by atoms with van der Waals surface area (Å²) in [6.45, 7) is 0. The summed E-state index contributed by atoms with van der Waals surface area (Å²) in [6.07, 6.45) is 0. The Morgan fingerprint density at radius 3 is 1.12 bits per heavy atom. The van der Waals surface area contributed by atoms with E-state index in [0.29, 0.717) is 11.9 Å². The maximum absolute atomic E-state index is 5.49. The van der Waals surface area contributed by atoms with Crippen LogP contribution in [-0.4, -0.2) is 19.9 Å². The first-order chi connectivity index (χ1) is 27.8. The van der Waals surface area contributed by atoms with Crippen LogP contribution in [0.25, 0.3) is 65.9 Å². The van der Waals surface area contributed by atoms with Gasteiger partial charge in [0.1, 0.15) is 0 Å². The zero-order valence-corrected chi connectivity index (χ0v) is 30.2. The van der Waals surface area contributed by atoms with E-state index in [1.807, 2.05) is 12.1 Å². The van der Waals surface area contributed by atoms with Gasteiger partial charge in [-0.3, -0.25) is 0 Å². The van der Waals surface area contributed by atoms with Gasteiger partial charge in [0.05, 0.1) is 45.9 Å². The molecule has 12 rings (SSSR count). The summed E-state index contributed by atoms with van der Waals surface area (Å²) < 4.78 is 0. The summed E-state index contributed by atoms with van der Waals surface area (Å²) in [5, 5.41) is 6.74. The molecular weight excluding hydrogens is 685 g/mol. The predicted molar refractivity (Wildman–Crippen MR) is 228 cm³/mol. The molecule has 2 aliphatic heterocycles. The van der Waals surface area contributed by atoms with Crippen LogP contribution in [-0.2, 0) is 0 Å². The van der Waals surface area contributed by atoms with Crippen LogP contribution in [0.1, 0.15) is 23.2 Å². The van der Waals surface area contributed by atoms with E-state index in [0.717, 1.165) is 55.7 Å². The molecule has 2 unspecified atom stereocenters. The van der Waals surface area contributed by atoms with Crippen LogP contribution in [0.5, 0.6) is 0 Å². The number of hydrogen-bond acceptors (Lipinski definition) is 6. The Kier molecular flexibility index (Phi) is 6.65. The Labute approximate surface area is 323 Å². The van der Waals surface area contributed by atoms with E-state index in [1.165, 1.54) is 32.7 Å². The van der Waals surface area contributed by atoms with Crippen LogP contribution < -0.4 is 9.80 Å². The van der Waals surface area contributed by atoms with E-state index >= 15 is 0 Å². The zero-order chi connectivity index (χ0) is 36.7. The molecule has 6 nitrogen and oxygen atoms in total. The molecule has 0 amide bonds. The summed E-state index contributed by atoms with van der Waals surface area (Å²) in [6, 6.07) is 63.8. The Bertz CT molecular complexity index is 2970. The van der Waals surface area contributed by atoms with Gasteiger partial charge in [-0.2, -0.15) is 0 Å². The molecule has 0 saturated carbocycles. The highest BCUT2D eigenvalue weighted by atomic mass is 15.4. The molecular formula is C50H32N6. The number of nitrogens with zero attached hydrogens (tertiary/aromatic N) is 6. The normalized spacial score (nSPS) is 15.8. The van der Waals surface area contributed by atoms with Crippen molar-refractivity contribution in [2.75, 3.05) is 9.80 Å². The maximum atomic E-state index is 5.49. The maximum Gasteiger partial charge on any atom is 0.231 e. The first-order valence-corrected chi connectivity index (χ1v) is 19.1. The number of anilines is 4. The van der Waals surface area contributed by atoms with Crippen molar-refractivity contribution in [2.45, 2.75) is 12.1 Å². The van der Waals surface area contributed by atoms with Gasteiger partial charge in [0, 0.05) is 33.0 Å². The molecule has 0 saturated heterocycles. The third kappa shape index (κ3) is 4.62. The van der Waals surface area contributed by atoms with Crippen molar-refractivity contribution < 1.29 is 0 Å². The Morgan fingerprint density at radius 2 is 0.696 bits per heavy atom. The van der Waals surface area contributed by atoms with Gasteiger partial charge in [0.15, 0.2) is 0 Å². The van der Waals surface area contributed by atoms with Crippen molar-refractivity contribution in [3.63, 3.8) is 0 Å². The van der Waals surface area contributed by atoms with E-state index < -0.39 is 0 Å². The molecule has 2 aliphatic rings. The van der Waals surface area contributed by atoms with Gasteiger partial charge in [0.25, 0.3) is 0 Å². The molecule has 6 heteroatoms. The van der Waals surface area contributed by atoms with Gasteiger partial charge >= 0.3 is 0 Å². The van der Waals surface area contributed by atoms with Crippen LogP contribution in [0.3, 0.4) is 0 Å². The highest BCUT2D eigenvalue weighted by Crippen LogP contribution is 2.63. The number of hydrogen-bond donors (Lipinski definition) is 0. The lowest BCUT2D eigenvalue weighted by atomic mass is 9.97. The van der Waals surface area contributed by atoms with Gasteiger partial charge in [0.2, 0.25) is 11.9 Å². The SMILES string of the molecule is c1ccc(-c2nc(N3c4cc5ccccc5cc4C4C3c3cc5ccccc5cc3N4c3nc(-c4ccccc4)c4ccccc4n3)nc3ccccc23)cc1. The van der Waals surface area contributed by atoms with Gasteiger partial charge in [-0.25, -0.2) is 19.9 Å². The molecule has 8 aromatic carbocycles. The molecule has 0 bridgehead atoms. The average molecular weight is 717 g/mol. The van der Waals surface area contributed by atoms with E-state index in [1.54, 1.807) is 0 Å². The quantitative estimate of drug-likeness (QED) is 0.181. The van der Waals surface area contributed by atoms with Gasteiger partial charge < -0.3 is 9.80 Å². The summed E-state index contributed by atoms with van der Waals surface area (Å²) in [7, 11) is 0. The van der Waals surface area contributed by atoms with E-state index in [2.05, 4.69) is 180 Å². The first-order valence-electron chi connectivity index (χ1n) is 19.1. The van der Waals surface area contributed by atoms with Crippen LogP contribution >= 0.6 is 0 Å². The van der Waals surface area contributed by atoms with Crippen molar-refractivity contribution in [2.24, 2.45) is 0 Å². The number of aromatic nitrogens is 4. The van der Waals surface area contributed by atoms with Crippen LogP contribution in [0.15, 0.2) is 182 Å². The van der Waals surface area contributed by atoms with Crippen molar-refractivity contribution in [3.05, 3.63) is 193 Å². The second-order valence-corrected chi connectivity index (χ2v) is 14.7. The molecule has 2 atom stereocenters. The molecule has 262 valence electrons. The highest BCUT2D eigenvalue weighted by molar-refractivity contribution is 5.99. The Morgan fingerprint density at radius 1 is 0.339 bits per heavy atom. The molecule has 56 heavy (non-hydrogen) atoms. The monoisotopic (exact) mass is 716 g/mol. The average Bonchev–Trinajstić information content (AvgIpc) is 3.75. The number of benzene rings is 8. The Balaban J connectivity index is 1.17. The minimum atomic E-state index is -0.179. The molecule has 0 fully saturated rings. The second kappa shape index (κ2) is 12.0. The minimum absolute atomic E-state index is 0.179. The minimum Gasteiger partial charge on any atom is -0.300 e. The third-order valence-electron chi connectivity index (χ3n) is 11.5. The fourth-order valence-corrected chi connectivity index (χ4v) is 9.02. The number of fused-ring (bicyclic) bond motifs is 9. The predicted octanol–water partition coefficient (Wildman–Crippen LogP) is 12.3. The summed E-state index contributed by atoms with van der Waals surface area (Å²) in [5.41, 5.74) is 10.3. The summed E-state index contributed by atoms with van der Waals surface area (Å²) >= 11 is 0. The molecule has 4 heterocycles. The lowest BCUT2D eigenvalue weighted by molar-refractivity contribution is 0.620. The van der Waals surface area contributed by atoms with Crippen molar-refractivity contribution in [1.82, 2.24) is 19.9 Å². The second-order valence-electron chi connectivity index (χ2n) is 14.7. The van der Waals surface area contributed by atoms with E-state index in [-0.39, 0.29) is 12.1 Å².